The summed E-state index contributed by atoms with van der Waals surface area (Å²) in [6.45, 7) is 2.13. The highest BCUT2D eigenvalue weighted by atomic mass is 15.0. The molecule has 2 aromatic rings. The number of aliphatic imine (C=N–C) groups is 1. The zero-order chi connectivity index (χ0) is 11.4. The van der Waals surface area contributed by atoms with Crippen molar-refractivity contribution >= 4 is 12.0 Å². The topological polar surface area (TPSA) is 56.2 Å². The lowest BCUT2D eigenvalue weighted by molar-refractivity contribution is 0.638. The molecule has 0 saturated carbocycles. The van der Waals surface area contributed by atoms with E-state index in [0.29, 0.717) is 0 Å². The highest BCUT2D eigenvalue weighted by Crippen LogP contribution is 2.20. The highest BCUT2D eigenvalue weighted by Gasteiger charge is 2.05. The Kier molecular flexibility index (Phi) is 3.00. The predicted octanol–water partition coefficient (Wildman–Crippen LogP) is 2.11. The van der Waals surface area contributed by atoms with Crippen molar-refractivity contribution in [3.05, 3.63) is 48.5 Å². The average Bonchev–Trinajstić information content (AvgIpc) is 2.83. The number of benzene rings is 1. The van der Waals surface area contributed by atoms with Gasteiger partial charge in [0, 0.05) is 12.4 Å². The fourth-order valence-electron chi connectivity index (χ4n) is 1.60. The molecular formula is C12H14N4. The molecule has 2 rings (SSSR count). The summed E-state index contributed by atoms with van der Waals surface area (Å²) in [4.78, 5) is 8.04. The van der Waals surface area contributed by atoms with Crippen molar-refractivity contribution in [3.8, 4) is 0 Å². The Morgan fingerprint density at radius 1 is 1.38 bits per heavy atom. The molecule has 0 bridgehead atoms. The molecule has 4 nitrogen and oxygen atoms in total. The van der Waals surface area contributed by atoms with E-state index in [0.717, 1.165) is 5.69 Å². The first-order valence-electron chi connectivity index (χ1n) is 5.13. The van der Waals surface area contributed by atoms with E-state index >= 15 is 0 Å². The number of aromatic nitrogens is 2. The third-order valence-corrected chi connectivity index (χ3v) is 2.57. The Bertz CT molecular complexity index is 456. The first-order chi connectivity index (χ1) is 7.81. The minimum Gasteiger partial charge on any atom is -0.390 e. The Morgan fingerprint density at radius 3 is 2.69 bits per heavy atom. The summed E-state index contributed by atoms with van der Waals surface area (Å²) in [7, 11) is 0. The van der Waals surface area contributed by atoms with Crippen LogP contribution in [-0.2, 0) is 0 Å². The molecule has 1 heterocycles. The van der Waals surface area contributed by atoms with Crippen molar-refractivity contribution in [3.63, 3.8) is 0 Å². The van der Waals surface area contributed by atoms with Crippen LogP contribution in [0.1, 0.15) is 18.5 Å². The fourth-order valence-corrected chi connectivity index (χ4v) is 1.60. The number of imidazole rings is 1. The molecule has 0 spiro atoms. The zero-order valence-corrected chi connectivity index (χ0v) is 9.12. The van der Waals surface area contributed by atoms with Crippen LogP contribution in [-0.4, -0.2) is 15.9 Å². The van der Waals surface area contributed by atoms with Crippen LogP contribution in [0, 0.1) is 0 Å². The van der Waals surface area contributed by atoms with Gasteiger partial charge >= 0.3 is 0 Å². The van der Waals surface area contributed by atoms with Crippen molar-refractivity contribution in [2.24, 2.45) is 10.7 Å². The molecule has 1 aromatic heterocycles. The molecule has 1 aromatic carbocycles. The second-order valence-corrected chi connectivity index (χ2v) is 3.56. The Hall–Kier alpha value is -2.10. The van der Waals surface area contributed by atoms with E-state index in [-0.39, 0.29) is 6.04 Å². The van der Waals surface area contributed by atoms with Crippen LogP contribution >= 0.6 is 0 Å². The van der Waals surface area contributed by atoms with Crippen LogP contribution in [0.15, 0.2) is 48.0 Å². The van der Waals surface area contributed by atoms with E-state index in [1.54, 1.807) is 6.20 Å². The van der Waals surface area contributed by atoms with Gasteiger partial charge in [0.05, 0.1) is 24.4 Å². The van der Waals surface area contributed by atoms with Crippen molar-refractivity contribution in [1.29, 1.82) is 0 Å². The SMILES string of the molecule is CC(c1ccc(N=CN)cc1)n1ccnc1. The number of hydrogen-bond acceptors (Lipinski definition) is 2. The van der Waals surface area contributed by atoms with Crippen LogP contribution in [0.4, 0.5) is 5.69 Å². The Morgan fingerprint density at radius 2 is 2.12 bits per heavy atom. The summed E-state index contributed by atoms with van der Waals surface area (Å²) >= 11 is 0. The molecule has 0 aliphatic carbocycles. The molecule has 16 heavy (non-hydrogen) atoms. The molecule has 0 aliphatic heterocycles. The van der Waals surface area contributed by atoms with Gasteiger partial charge < -0.3 is 10.3 Å². The van der Waals surface area contributed by atoms with Crippen molar-refractivity contribution < 1.29 is 0 Å². The summed E-state index contributed by atoms with van der Waals surface area (Å²) < 4.78 is 2.06. The standard InChI is InChI=1S/C12H14N4/c1-10(16-7-6-14-9-16)11-2-4-12(5-3-11)15-8-13/h2-10H,1H3,(H2,13,15). The van der Waals surface area contributed by atoms with Gasteiger partial charge in [-0.1, -0.05) is 12.1 Å². The third kappa shape index (κ3) is 2.11. The van der Waals surface area contributed by atoms with Gasteiger partial charge in [-0.3, -0.25) is 0 Å². The molecule has 0 aliphatic rings. The van der Waals surface area contributed by atoms with Gasteiger partial charge in [0.15, 0.2) is 0 Å². The van der Waals surface area contributed by atoms with Crippen LogP contribution in [0.2, 0.25) is 0 Å². The largest absolute Gasteiger partial charge is 0.390 e. The van der Waals surface area contributed by atoms with Gasteiger partial charge in [0.2, 0.25) is 0 Å². The second kappa shape index (κ2) is 4.61. The van der Waals surface area contributed by atoms with Gasteiger partial charge in [-0.15, -0.1) is 0 Å². The smallest absolute Gasteiger partial charge is 0.0951 e. The maximum absolute atomic E-state index is 5.23. The molecular weight excluding hydrogens is 200 g/mol. The van der Waals surface area contributed by atoms with E-state index in [2.05, 4.69) is 21.5 Å². The molecule has 82 valence electrons. The van der Waals surface area contributed by atoms with Crippen LogP contribution in [0.3, 0.4) is 0 Å². The van der Waals surface area contributed by atoms with Gasteiger partial charge in [-0.05, 0) is 24.6 Å². The van der Waals surface area contributed by atoms with Crippen LogP contribution in [0.5, 0.6) is 0 Å². The third-order valence-electron chi connectivity index (χ3n) is 2.57. The Balaban J connectivity index is 2.21. The molecule has 1 atom stereocenters. The van der Waals surface area contributed by atoms with Crippen LogP contribution < -0.4 is 5.73 Å². The Labute approximate surface area is 94.5 Å². The minimum absolute atomic E-state index is 0.276. The summed E-state index contributed by atoms with van der Waals surface area (Å²) in [5.41, 5.74) is 7.31. The summed E-state index contributed by atoms with van der Waals surface area (Å²) in [5.74, 6) is 0. The molecule has 0 fully saturated rings. The summed E-state index contributed by atoms with van der Waals surface area (Å²) in [6, 6.07) is 8.27. The van der Waals surface area contributed by atoms with E-state index in [1.165, 1.54) is 11.9 Å². The van der Waals surface area contributed by atoms with E-state index in [9.17, 15) is 0 Å². The molecule has 0 saturated heterocycles. The van der Waals surface area contributed by atoms with E-state index < -0.39 is 0 Å². The maximum Gasteiger partial charge on any atom is 0.0951 e. The van der Waals surface area contributed by atoms with Gasteiger partial charge in [0.25, 0.3) is 0 Å². The quantitative estimate of drug-likeness (QED) is 0.628. The average molecular weight is 214 g/mol. The molecule has 0 amide bonds. The number of rotatable bonds is 3. The van der Waals surface area contributed by atoms with Crippen molar-refractivity contribution in [2.75, 3.05) is 0 Å². The zero-order valence-electron chi connectivity index (χ0n) is 9.12. The van der Waals surface area contributed by atoms with Gasteiger partial charge in [-0.25, -0.2) is 9.98 Å². The predicted molar refractivity (Wildman–Crippen MR) is 64.8 cm³/mol. The van der Waals surface area contributed by atoms with Crippen LogP contribution in [0.25, 0.3) is 0 Å². The monoisotopic (exact) mass is 214 g/mol. The lowest BCUT2D eigenvalue weighted by atomic mass is 10.1. The lowest BCUT2D eigenvalue weighted by Gasteiger charge is -2.13. The molecule has 0 radical (unpaired) electrons. The van der Waals surface area contributed by atoms with Gasteiger partial charge in [0.1, 0.15) is 0 Å². The second-order valence-electron chi connectivity index (χ2n) is 3.56. The number of nitrogens with two attached hydrogens (primary N) is 1. The molecule has 1 unspecified atom stereocenters. The molecule has 2 N–H and O–H groups in total. The lowest BCUT2D eigenvalue weighted by Crippen LogP contribution is -2.03. The van der Waals surface area contributed by atoms with E-state index in [4.69, 9.17) is 5.73 Å². The first kappa shape index (κ1) is 10.4. The van der Waals surface area contributed by atoms with Crippen molar-refractivity contribution in [2.45, 2.75) is 13.0 Å². The van der Waals surface area contributed by atoms with Crippen molar-refractivity contribution in [1.82, 2.24) is 9.55 Å². The first-order valence-corrected chi connectivity index (χ1v) is 5.13. The summed E-state index contributed by atoms with van der Waals surface area (Å²) in [6.07, 6.45) is 6.85. The normalized spacial score (nSPS) is 13.1. The number of nitrogens with zero attached hydrogens (tertiary/aromatic N) is 3. The highest BCUT2D eigenvalue weighted by molar-refractivity contribution is 5.58. The molecule has 4 heteroatoms. The summed E-state index contributed by atoms with van der Waals surface area (Å²) in [5, 5.41) is 0. The number of hydrogen-bond donors (Lipinski definition) is 1. The fraction of sp³-hybridized carbons (Fsp3) is 0.167. The van der Waals surface area contributed by atoms with E-state index in [1.807, 2.05) is 36.8 Å². The minimum atomic E-state index is 0.276. The van der Waals surface area contributed by atoms with Gasteiger partial charge in [-0.2, -0.15) is 0 Å². The maximum atomic E-state index is 5.23.